The molecule has 1 heterocycles. The number of ether oxygens (including phenoxy) is 1. The van der Waals surface area contributed by atoms with Gasteiger partial charge < -0.3 is 9.53 Å². The van der Waals surface area contributed by atoms with Gasteiger partial charge in [-0.3, -0.25) is 0 Å². The molecule has 68 valence electrons. The minimum Gasteiger partial charge on any atom is -0.373 e. The molecule has 2 nitrogen and oxygen atoms in total. The van der Waals surface area contributed by atoms with Gasteiger partial charge in [0.2, 0.25) is 0 Å². The Bertz CT molecular complexity index is 281. The fraction of sp³-hybridized carbons (Fsp3) is 0.364. The lowest BCUT2D eigenvalue weighted by molar-refractivity contribution is -0.112. The van der Waals surface area contributed by atoms with Gasteiger partial charge in [-0.1, -0.05) is 30.3 Å². The number of aldehydes is 1. The second-order valence-corrected chi connectivity index (χ2v) is 3.29. The molecular weight excluding hydrogens is 164 g/mol. The Hall–Kier alpha value is -1.15. The molecule has 1 aromatic carbocycles. The molecule has 1 aromatic rings. The third-order valence-corrected chi connectivity index (χ3v) is 2.44. The van der Waals surface area contributed by atoms with Crippen molar-refractivity contribution in [3.63, 3.8) is 0 Å². The van der Waals surface area contributed by atoms with Crippen LogP contribution in [0.4, 0.5) is 0 Å². The lowest BCUT2D eigenvalue weighted by Gasteiger charge is -2.13. The zero-order chi connectivity index (χ0) is 9.10. The zero-order valence-electron chi connectivity index (χ0n) is 7.35. The van der Waals surface area contributed by atoms with E-state index in [0.717, 1.165) is 18.3 Å². The summed E-state index contributed by atoms with van der Waals surface area (Å²) in [6.07, 6.45) is 1.84. The molecule has 0 radical (unpaired) electrons. The number of carbonyl (C=O) groups is 1. The molecule has 2 heteroatoms. The minimum atomic E-state index is -0.0151. The quantitative estimate of drug-likeness (QED) is 0.644. The highest BCUT2D eigenvalue weighted by Gasteiger charge is 2.28. The number of hydrogen-bond donors (Lipinski definition) is 0. The molecule has 0 spiro atoms. The molecule has 0 aromatic heterocycles. The molecule has 1 fully saturated rings. The van der Waals surface area contributed by atoms with Crippen molar-refractivity contribution in [2.75, 3.05) is 6.61 Å². The van der Waals surface area contributed by atoms with Crippen molar-refractivity contribution >= 4 is 6.29 Å². The Morgan fingerprint density at radius 3 is 2.77 bits per heavy atom. The maximum Gasteiger partial charge on any atom is 0.126 e. The zero-order valence-corrected chi connectivity index (χ0v) is 7.35. The van der Waals surface area contributed by atoms with Crippen molar-refractivity contribution < 1.29 is 9.53 Å². The summed E-state index contributed by atoms with van der Waals surface area (Å²) in [6, 6.07) is 9.92. The molecule has 0 amide bonds. The number of rotatable bonds is 2. The van der Waals surface area contributed by atoms with Crippen LogP contribution in [0.3, 0.4) is 0 Å². The monoisotopic (exact) mass is 176 g/mol. The molecule has 0 N–H and O–H groups in total. The van der Waals surface area contributed by atoms with Gasteiger partial charge in [0.25, 0.3) is 0 Å². The third kappa shape index (κ3) is 1.63. The Labute approximate surface area is 77.5 Å². The highest BCUT2D eigenvalue weighted by molar-refractivity contribution is 5.55. The van der Waals surface area contributed by atoms with Crippen LogP contribution < -0.4 is 0 Å². The molecule has 0 saturated carbocycles. The Balaban J connectivity index is 2.21. The molecule has 1 saturated heterocycles. The summed E-state index contributed by atoms with van der Waals surface area (Å²) in [5.74, 6) is 0.0439. The first kappa shape index (κ1) is 8.45. The van der Waals surface area contributed by atoms with Crippen LogP contribution >= 0.6 is 0 Å². The van der Waals surface area contributed by atoms with Crippen LogP contribution in [-0.4, -0.2) is 12.9 Å². The third-order valence-electron chi connectivity index (χ3n) is 2.44. The summed E-state index contributed by atoms with van der Waals surface area (Å²) in [4.78, 5) is 10.7. The second kappa shape index (κ2) is 3.71. The fourth-order valence-corrected chi connectivity index (χ4v) is 1.73. The fourth-order valence-electron chi connectivity index (χ4n) is 1.73. The van der Waals surface area contributed by atoms with E-state index in [9.17, 15) is 4.79 Å². The number of hydrogen-bond acceptors (Lipinski definition) is 2. The van der Waals surface area contributed by atoms with E-state index in [4.69, 9.17) is 4.74 Å². The molecule has 0 aliphatic carbocycles. The molecule has 0 unspecified atom stereocenters. The van der Waals surface area contributed by atoms with Gasteiger partial charge >= 0.3 is 0 Å². The normalized spacial score (nSPS) is 27.4. The lowest BCUT2D eigenvalue weighted by atomic mass is 9.97. The van der Waals surface area contributed by atoms with Crippen molar-refractivity contribution in [2.45, 2.75) is 12.5 Å². The topological polar surface area (TPSA) is 26.3 Å². The van der Waals surface area contributed by atoms with Crippen LogP contribution in [0.5, 0.6) is 0 Å². The maximum absolute atomic E-state index is 10.7. The lowest BCUT2D eigenvalue weighted by Crippen LogP contribution is -2.08. The smallest absolute Gasteiger partial charge is 0.126 e. The number of benzene rings is 1. The SMILES string of the molecule is O=C[C@@H]1CCO[C@H]1c1ccccc1. The van der Waals surface area contributed by atoms with Crippen LogP contribution in [0, 0.1) is 5.92 Å². The average molecular weight is 176 g/mol. The Kier molecular flexibility index (Phi) is 2.41. The predicted molar refractivity (Wildman–Crippen MR) is 49.3 cm³/mol. The Morgan fingerprint density at radius 1 is 1.31 bits per heavy atom. The van der Waals surface area contributed by atoms with E-state index in [1.807, 2.05) is 30.3 Å². The minimum absolute atomic E-state index is 0.0151. The summed E-state index contributed by atoms with van der Waals surface area (Å²) in [5, 5.41) is 0. The van der Waals surface area contributed by atoms with Crippen molar-refractivity contribution in [2.24, 2.45) is 5.92 Å². The van der Waals surface area contributed by atoms with E-state index in [1.54, 1.807) is 0 Å². The van der Waals surface area contributed by atoms with E-state index in [1.165, 1.54) is 0 Å². The molecule has 1 aliphatic heterocycles. The summed E-state index contributed by atoms with van der Waals surface area (Å²) in [7, 11) is 0. The second-order valence-electron chi connectivity index (χ2n) is 3.29. The molecule has 2 rings (SSSR count). The van der Waals surface area contributed by atoms with Crippen LogP contribution in [0.1, 0.15) is 18.1 Å². The molecule has 2 atom stereocenters. The first-order valence-corrected chi connectivity index (χ1v) is 4.53. The Morgan fingerprint density at radius 2 is 2.08 bits per heavy atom. The summed E-state index contributed by atoms with van der Waals surface area (Å²) in [5.41, 5.74) is 1.11. The van der Waals surface area contributed by atoms with Gasteiger partial charge in [-0.2, -0.15) is 0 Å². The van der Waals surface area contributed by atoms with Gasteiger partial charge in [0.05, 0.1) is 6.10 Å². The van der Waals surface area contributed by atoms with Crippen LogP contribution in [-0.2, 0) is 9.53 Å². The average Bonchev–Trinajstić information content (AvgIpc) is 2.67. The predicted octanol–water partition coefficient (Wildman–Crippen LogP) is 1.96. The molecule has 13 heavy (non-hydrogen) atoms. The number of carbonyl (C=O) groups excluding carboxylic acids is 1. The van der Waals surface area contributed by atoms with E-state index in [0.29, 0.717) is 6.61 Å². The highest BCUT2D eigenvalue weighted by Crippen LogP contribution is 2.32. The van der Waals surface area contributed by atoms with Gasteiger partial charge in [-0.05, 0) is 12.0 Å². The van der Waals surface area contributed by atoms with Gasteiger partial charge in [-0.15, -0.1) is 0 Å². The standard InChI is InChI=1S/C11H12O2/c12-8-10-6-7-13-11(10)9-4-2-1-3-5-9/h1-5,8,10-11H,6-7H2/t10-,11-/m0/s1. The van der Waals surface area contributed by atoms with Crippen molar-refractivity contribution in [1.82, 2.24) is 0 Å². The molecular formula is C11H12O2. The van der Waals surface area contributed by atoms with Crippen LogP contribution in [0.2, 0.25) is 0 Å². The van der Waals surface area contributed by atoms with Gasteiger partial charge in [0.1, 0.15) is 6.29 Å². The molecule has 0 bridgehead atoms. The van der Waals surface area contributed by atoms with Crippen LogP contribution in [0.25, 0.3) is 0 Å². The highest BCUT2D eigenvalue weighted by atomic mass is 16.5. The first-order chi connectivity index (χ1) is 6.42. The van der Waals surface area contributed by atoms with E-state index in [-0.39, 0.29) is 12.0 Å². The van der Waals surface area contributed by atoms with Crippen molar-refractivity contribution in [3.8, 4) is 0 Å². The van der Waals surface area contributed by atoms with Crippen molar-refractivity contribution in [3.05, 3.63) is 35.9 Å². The summed E-state index contributed by atoms with van der Waals surface area (Å²) < 4.78 is 5.51. The van der Waals surface area contributed by atoms with Gasteiger partial charge in [0.15, 0.2) is 0 Å². The van der Waals surface area contributed by atoms with E-state index in [2.05, 4.69) is 0 Å². The summed E-state index contributed by atoms with van der Waals surface area (Å²) in [6.45, 7) is 0.697. The first-order valence-electron chi connectivity index (χ1n) is 4.53. The van der Waals surface area contributed by atoms with Gasteiger partial charge in [-0.25, -0.2) is 0 Å². The van der Waals surface area contributed by atoms with Crippen molar-refractivity contribution in [1.29, 1.82) is 0 Å². The van der Waals surface area contributed by atoms with Crippen LogP contribution in [0.15, 0.2) is 30.3 Å². The maximum atomic E-state index is 10.7. The van der Waals surface area contributed by atoms with Gasteiger partial charge in [0, 0.05) is 12.5 Å². The molecule has 1 aliphatic rings. The largest absolute Gasteiger partial charge is 0.373 e. The summed E-state index contributed by atoms with van der Waals surface area (Å²) >= 11 is 0. The van der Waals surface area contributed by atoms with E-state index < -0.39 is 0 Å². The van der Waals surface area contributed by atoms with E-state index >= 15 is 0 Å².